The summed E-state index contributed by atoms with van der Waals surface area (Å²) in [6.45, 7) is 9.01. The largest absolute Gasteiger partial charge is 0.361 e. The van der Waals surface area contributed by atoms with Gasteiger partial charge in [-0.1, -0.05) is 17.3 Å². The van der Waals surface area contributed by atoms with E-state index in [2.05, 4.69) is 36.5 Å². The molecule has 1 aliphatic heterocycles. The van der Waals surface area contributed by atoms with E-state index in [4.69, 9.17) is 4.52 Å². The number of anilines is 1. The highest BCUT2D eigenvalue weighted by Gasteiger charge is 2.22. The zero-order valence-electron chi connectivity index (χ0n) is 14.8. The van der Waals surface area contributed by atoms with Crippen molar-refractivity contribution < 1.29 is 9.32 Å². The Labute approximate surface area is 143 Å². The molecular weight excluding hydrogens is 302 g/mol. The van der Waals surface area contributed by atoms with Crippen molar-refractivity contribution in [2.45, 2.75) is 52.6 Å². The van der Waals surface area contributed by atoms with Gasteiger partial charge in [-0.25, -0.2) is 0 Å². The Balaban J connectivity index is 1.69. The molecular formula is C19H25N3O2. The van der Waals surface area contributed by atoms with Gasteiger partial charge in [0.25, 0.3) is 0 Å². The Hall–Kier alpha value is -2.14. The highest BCUT2D eigenvalue weighted by Crippen LogP contribution is 2.26. The van der Waals surface area contributed by atoms with Crippen molar-refractivity contribution in [1.29, 1.82) is 0 Å². The lowest BCUT2D eigenvalue weighted by molar-refractivity contribution is -0.117. The van der Waals surface area contributed by atoms with Gasteiger partial charge in [-0.15, -0.1) is 0 Å². The van der Waals surface area contributed by atoms with Gasteiger partial charge in [0.2, 0.25) is 5.91 Å². The molecule has 24 heavy (non-hydrogen) atoms. The summed E-state index contributed by atoms with van der Waals surface area (Å²) in [5, 5.41) is 7.63. The number of aryl methyl sites for hydroxylation is 2. The molecule has 5 nitrogen and oxygen atoms in total. The summed E-state index contributed by atoms with van der Waals surface area (Å²) in [4.78, 5) is 13.7. The van der Waals surface area contributed by atoms with Gasteiger partial charge in [0.1, 0.15) is 5.76 Å². The maximum Gasteiger partial charge on any atom is 0.227 e. The molecule has 5 heteroatoms. The second-order valence-electron chi connectivity index (χ2n) is 6.59. The lowest BCUT2D eigenvalue weighted by Crippen LogP contribution is -2.24. The van der Waals surface area contributed by atoms with Gasteiger partial charge in [0.05, 0.1) is 5.69 Å². The molecule has 0 bridgehead atoms. The summed E-state index contributed by atoms with van der Waals surface area (Å²) in [6, 6.07) is 8.62. The third-order valence-electron chi connectivity index (χ3n) is 4.80. The van der Waals surface area contributed by atoms with E-state index in [0.717, 1.165) is 35.7 Å². The fraction of sp³-hybridized carbons (Fsp3) is 0.474. The molecule has 0 spiro atoms. The minimum absolute atomic E-state index is 0.158. The first-order chi connectivity index (χ1) is 11.5. The van der Waals surface area contributed by atoms with E-state index >= 15 is 0 Å². The summed E-state index contributed by atoms with van der Waals surface area (Å²) in [5.74, 6) is 1.09. The van der Waals surface area contributed by atoms with Gasteiger partial charge >= 0.3 is 0 Å². The van der Waals surface area contributed by atoms with Crippen molar-refractivity contribution in [1.82, 2.24) is 10.5 Å². The maximum absolute atomic E-state index is 11.8. The summed E-state index contributed by atoms with van der Waals surface area (Å²) in [6.07, 6.45) is 1.61. The van der Waals surface area contributed by atoms with Gasteiger partial charge in [-0.3, -0.25) is 4.79 Å². The van der Waals surface area contributed by atoms with Crippen molar-refractivity contribution in [2.75, 3.05) is 11.4 Å². The van der Waals surface area contributed by atoms with Crippen LogP contribution in [-0.4, -0.2) is 17.6 Å². The molecule has 2 heterocycles. The molecule has 2 aromatic rings. The number of carbonyl (C=O) groups excluding carboxylic acids is 1. The van der Waals surface area contributed by atoms with Crippen LogP contribution in [0.2, 0.25) is 0 Å². The highest BCUT2D eigenvalue weighted by molar-refractivity contribution is 5.95. The first-order valence-electron chi connectivity index (χ1n) is 8.56. The third kappa shape index (κ3) is 3.22. The smallest absolute Gasteiger partial charge is 0.227 e. The Kier molecular flexibility index (Phi) is 4.71. The Bertz CT molecular complexity index is 701. The van der Waals surface area contributed by atoms with E-state index in [1.54, 1.807) is 0 Å². The molecule has 1 amide bonds. The van der Waals surface area contributed by atoms with Crippen LogP contribution in [0.4, 0.5) is 5.69 Å². The maximum atomic E-state index is 11.8. The topological polar surface area (TPSA) is 58.4 Å². The number of hydrogen-bond acceptors (Lipinski definition) is 4. The predicted molar refractivity (Wildman–Crippen MR) is 94.0 cm³/mol. The van der Waals surface area contributed by atoms with Crippen LogP contribution in [0.1, 0.15) is 61.4 Å². The van der Waals surface area contributed by atoms with Crippen LogP contribution in [0, 0.1) is 13.8 Å². The molecule has 0 aliphatic carbocycles. The van der Waals surface area contributed by atoms with Crippen molar-refractivity contribution in [3.63, 3.8) is 0 Å². The number of aromatic nitrogens is 1. The van der Waals surface area contributed by atoms with Gasteiger partial charge in [-0.05, 0) is 51.8 Å². The van der Waals surface area contributed by atoms with E-state index < -0.39 is 0 Å². The molecule has 128 valence electrons. The predicted octanol–water partition coefficient (Wildman–Crippen LogP) is 3.83. The number of rotatable bonds is 5. The molecule has 2 atom stereocenters. The SMILES string of the molecule is Cc1noc(C)c1C(C)NC(C)c1ccc(N2CCCC2=O)cc1. The molecule has 1 N–H and O–H groups in total. The van der Waals surface area contributed by atoms with E-state index in [1.807, 2.05) is 30.9 Å². The minimum Gasteiger partial charge on any atom is -0.361 e. The summed E-state index contributed by atoms with van der Waals surface area (Å²) < 4.78 is 5.26. The third-order valence-corrected chi connectivity index (χ3v) is 4.80. The molecule has 1 aliphatic rings. The van der Waals surface area contributed by atoms with Crippen LogP contribution < -0.4 is 10.2 Å². The molecule has 2 unspecified atom stereocenters. The van der Waals surface area contributed by atoms with Crippen LogP contribution in [0.25, 0.3) is 0 Å². The average Bonchev–Trinajstić information content (AvgIpc) is 3.13. The summed E-state index contributed by atoms with van der Waals surface area (Å²) in [5.41, 5.74) is 4.25. The van der Waals surface area contributed by atoms with Gasteiger partial charge in [-0.2, -0.15) is 0 Å². The average molecular weight is 327 g/mol. The van der Waals surface area contributed by atoms with Gasteiger partial charge in [0, 0.05) is 36.3 Å². The van der Waals surface area contributed by atoms with Crippen molar-refractivity contribution in [3.8, 4) is 0 Å². The van der Waals surface area contributed by atoms with Crippen molar-refractivity contribution in [2.24, 2.45) is 0 Å². The van der Waals surface area contributed by atoms with E-state index in [9.17, 15) is 4.79 Å². The standard InChI is InChI=1S/C19H25N3O2/c1-12(20-13(2)19-14(3)21-24-15(19)4)16-7-9-17(10-8-16)22-11-5-6-18(22)23/h7-10,12-13,20H,5-6,11H2,1-4H3. The van der Waals surface area contributed by atoms with E-state index in [0.29, 0.717) is 6.42 Å². The summed E-state index contributed by atoms with van der Waals surface area (Å²) >= 11 is 0. The lowest BCUT2D eigenvalue weighted by atomic mass is 10.0. The number of benzene rings is 1. The number of nitrogens with zero attached hydrogens (tertiary/aromatic N) is 2. The molecule has 1 aromatic carbocycles. The molecule has 0 radical (unpaired) electrons. The van der Waals surface area contributed by atoms with Gasteiger partial charge < -0.3 is 14.7 Å². The highest BCUT2D eigenvalue weighted by atomic mass is 16.5. The second-order valence-corrected chi connectivity index (χ2v) is 6.59. The lowest BCUT2D eigenvalue weighted by Gasteiger charge is -2.22. The van der Waals surface area contributed by atoms with Gasteiger partial charge in [0.15, 0.2) is 0 Å². The quantitative estimate of drug-likeness (QED) is 0.907. The first kappa shape index (κ1) is 16.7. The number of amides is 1. The second kappa shape index (κ2) is 6.77. The van der Waals surface area contributed by atoms with Crippen molar-refractivity contribution >= 4 is 11.6 Å². The Morgan fingerprint density at radius 1 is 1.17 bits per heavy atom. The molecule has 0 saturated carbocycles. The van der Waals surface area contributed by atoms with E-state index in [-0.39, 0.29) is 18.0 Å². The summed E-state index contributed by atoms with van der Waals surface area (Å²) in [7, 11) is 0. The molecule has 1 aromatic heterocycles. The first-order valence-corrected chi connectivity index (χ1v) is 8.56. The van der Waals surface area contributed by atoms with Crippen LogP contribution in [-0.2, 0) is 4.79 Å². The van der Waals surface area contributed by atoms with Crippen LogP contribution in [0.15, 0.2) is 28.8 Å². The Morgan fingerprint density at radius 3 is 2.42 bits per heavy atom. The minimum atomic E-state index is 0.158. The fourth-order valence-corrected chi connectivity index (χ4v) is 3.53. The fourth-order valence-electron chi connectivity index (χ4n) is 3.53. The zero-order valence-corrected chi connectivity index (χ0v) is 14.8. The molecule has 3 rings (SSSR count). The monoisotopic (exact) mass is 327 g/mol. The van der Waals surface area contributed by atoms with Crippen LogP contribution in [0.3, 0.4) is 0 Å². The normalized spacial score (nSPS) is 17.3. The number of hydrogen-bond donors (Lipinski definition) is 1. The zero-order chi connectivity index (χ0) is 17.3. The Morgan fingerprint density at radius 2 is 1.88 bits per heavy atom. The van der Waals surface area contributed by atoms with Crippen LogP contribution in [0.5, 0.6) is 0 Å². The number of nitrogens with one attached hydrogen (secondary N) is 1. The molecule has 1 saturated heterocycles. The van der Waals surface area contributed by atoms with Crippen molar-refractivity contribution in [3.05, 3.63) is 46.8 Å². The van der Waals surface area contributed by atoms with Crippen LogP contribution >= 0.6 is 0 Å². The molecule has 1 fully saturated rings. The number of carbonyl (C=O) groups is 1. The van der Waals surface area contributed by atoms with E-state index in [1.165, 1.54) is 5.56 Å².